The second kappa shape index (κ2) is 16.9. The van der Waals surface area contributed by atoms with Crippen molar-refractivity contribution in [2.45, 2.75) is 109 Å². The molecule has 8 atom stereocenters. The molecule has 0 saturated carbocycles. The topological polar surface area (TPSA) is 146 Å². The Morgan fingerprint density at radius 2 is 1.00 bits per heavy atom. The number of aliphatic carboxylic acids is 2. The molecule has 2 aromatic carbocycles. The van der Waals surface area contributed by atoms with Crippen molar-refractivity contribution in [2.75, 3.05) is 28.3 Å². The van der Waals surface area contributed by atoms with E-state index >= 15 is 0 Å². The molecule has 4 heterocycles. The molecule has 0 aromatic heterocycles. The monoisotopic (exact) mass is 880 g/mol. The lowest BCUT2D eigenvalue weighted by atomic mass is 9.57. The molecule has 298 valence electrons. The first-order valence-electron chi connectivity index (χ1n) is 18.5. The maximum Gasteiger partial charge on any atom is 0.310 e. The maximum atomic E-state index is 13.7. The lowest BCUT2D eigenvalue weighted by Crippen LogP contribution is -3.00. The molecule has 4 aliphatic heterocycles. The molecule has 4 aliphatic rings. The van der Waals surface area contributed by atoms with Crippen LogP contribution in [0.15, 0.2) is 36.4 Å². The number of halogens is 2. The third kappa shape index (κ3) is 8.03. The van der Waals surface area contributed by atoms with Gasteiger partial charge in [0.05, 0.1) is 64.3 Å². The zero-order valence-corrected chi connectivity index (χ0v) is 35.2. The highest BCUT2D eigenvalue weighted by Crippen LogP contribution is 2.59. The van der Waals surface area contributed by atoms with Crippen molar-refractivity contribution >= 4 is 23.9 Å². The average molecular weight is 883 g/mol. The smallest absolute Gasteiger partial charge is 0.310 e. The minimum absolute atomic E-state index is 0. The summed E-state index contributed by atoms with van der Waals surface area (Å²) >= 11 is 0. The third-order valence-electron chi connectivity index (χ3n) is 13.5. The van der Waals surface area contributed by atoms with Crippen molar-refractivity contribution < 1.29 is 91.3 Å². The van der Waals surface area contributed by atoms with Crippen LogP contribution in [-0.2, 0) is 32.3 Å². The fourth-order valence-electron chi connectivity index (χ4n) is 11.0. The van der Waals surface area contributed by atoms with Gasteiger partial charge >= 0.3 is 23.9 Å². The zero-order chi connectivity index (χ0) is 37.6. The van der Waals surface area contributed by atoms with Crippen LogP contribution in [0.25, 0.3) is 0 Å². The number of piperidine rings is 2. The molecule has 0 radical (unpaired) electrons. The molecule has 4 bridgehead atoms. The Hall–Kier alpha value is -3.20. The fraction of sp³-hybridized carbons (Fsp3) is 0.600. The first-order chi connectivity index (χ1) is 24.6. The second-order valence-corrected chi connectivity index (χ2v) is 16.2. The number of rotatable bonds is 13. The van der Waals surface area contributed by atoms with Gasteiger partial charge in [-0.15, -0.1) is 0 Å². The van der Waals surface area contributed by atoms with Gasteiger partial charge in [0, 0.05) is 76.3 Å². The summed E-state index contributed by atoms with van der Waals surface area (Å²) in [5.74, 6) is -1.62. The van der Waals surface area contributed by atoms with Crippen LogP contribution >= 0.6 is 0 Å². The van der Waals surface area contributed by atoms with Gasteiger partial charge in [-0.2, -0.15) is 0 Å². The van der Waals surface area contributed by atoms with Gasteiger partial charge in [-0.1, -0.05) is 0 Å². The van der Waals surface area contributed by atoms with Crippen molar-refractivity contribution in [2.24, 2.45) is 17.3 Å². The van der Waals surface area contributed by atoms with E-state index in [0.29, 0.717) is 61.8 Å². The molecule has 4 unspecified atom stereocenters. The molecule has 4 saturated heterocycles. The first-order valence-corrected chi connectivity index (χ1v) is 18.5. The number of carbonyl (C=O) groups is 4. The third-order valence-corrected chi connectivity index (χ3v) is 13.5. The van der Waals surface area contributed by atoms with E-state index in [4.69, 9.17) is 18.9 Å². The Bertz CT molecular complexity index is 1600. The van der Waals surface area contributed by atoms with E-state index in [1.165, 1.54) is 13.8 Å². The van der Waals surface area contributed by atoms with Crippen molar-refractivity contribution in [3.63, 3.8) is 0 Å². The van der Waals surface area contributed by atoms with Gasteiger partial charge in [-0.25, -0.2) is 0 Å². The quantitative estimate of drug-likeness (QED) is 0.155. The van der Waals surface area contributed by atoms with E-state index in [1.54, 1.807) is 26.4 Å². The Kier molecular flexibility index (Phi) is 13.6. The fourth-order valence-corrected chi connectivity index (χ4v) is 11.0. The second-order valence-electron chi connectivity index (χ2n) is 16.2. The summed E-state index contributed by atoms with van der Waals surface area (Å²) in [5.41, 5.74) is 0.730. The number of hydrogen-bond acceptors (Lipinski definition) is 8. The number of methoxy groups -OCH3 is 2. The number of esters is 2. The van der Waals surface area contributed by atoms with Crippen LogP contribution in [0.4, 0.5) is 0 Å². The predicted molar refractivity (Wildman–Crippen MR) is 190 cm³/mol. The highest BCUT2D eigenvalue weighted by Gasteiger charge is 2.64. The number of hydrogen-bond donors (Lipinski definition) is 2. The number of carboxylic acid groups (broad SMARTS) is 2. The summed E-state index contributed by atoms with van der Waals surface area (Å²) in [5, 5.41) is 21.6. The summed E-state index contributed by atoms with van der Waals surface area (Å²) in [6.45, 7) is 4.14. The van der Waals surface area contributed by atoms with Crippen LogP contribution in [0.2, 0.25) is 0 Å². The molecular formula is C40H54Br2N2O10. The van der Waals surface area contributed by atoms with Crippen LogP contribution in [0.3, 0.4) is 0 Å². The van der Waals surface area contributed by atoms with E-state index in [9.17, 15) is 29.4 Å². The molecule has 0 spiro atoms. The van der Waals surface area contributed by atoms with Crippen LogP contribution in [0.5, 0.6) is 23.0 Å². The van der Waals surface area contributed by atoms with E-state index in [2.05, 4.69) is 14.1 Å². The minimum atomic E-state index is -1.35. The van der Waals surface area contributed by atoms with Crippen molar-refractivity contribution in [1.29, 1.82) is 0 Å². The number of carbonyl (C=O) groups excluding carboxylic acids is 2. The van der Waals surface area contributed by atoms with Gasteiger partial charge in [-0.05, 0) is 48.2 Å². The van der Waals surface area contributed by atoms with Gasteiger partial charge in [0.15, 0.2) is 23.0 Å². The van der Waals surface area contributed by atoms with Crippen LogP contribution < -0.4 is 52.9 Å². The summed E-state index contributed by atoms with van der Waals surface area (Å²) < 4.78 is 23.2. The summed E-state index contributed by atoms with van der Waals surface area (Å²) in [6.07, 6.45) is 6.17. The van der Waals surface area contributed by atoms with Gasteiger partial charge in [-0.3, -0.25) is 19.2 Å². The van der Waals surface area contributed by atoms with Gasteiger partial charge in [0.2, 0.25) is 0 Å². The lowest BCUT2D eigenvalue weighted by molar-refractivity contribution is -0.963. The number of quaternary nitrogens is 2. The largest absolute Gasteiger partial charge is 1.00 e. The Balaban J connectivity index is 0.00000325. The van der Waals surface area contributed by atoms with E-state index in [1.807, 2.05) is 24.3 Å². The van der Waals surface area contributed by atoms with Gasteiger partial charge in [0.1, 0.15) is 13.1 Å². The number of benzene rings is 2. The van der Waals surface area contributed by atoms with E-state index in [0.717, 1.165) is 45.8 Å². The summed E-state index contributed by atoms with van der Waals surface area (Å²) in [7, 11) is 7.60. The van der Waals surface area contributed by atoms with Gasteiger partial charge < -0.3 is 72.1 Å². The first kappa shape index (κ1) is 43.5. The zero-order valence-electron chi connectivity index (χ0n) is 32.0. The number of nitrogens with zero attached hydrogens (tertiary/aromatic N) is 2. The van der Waals surface area contributed by atoms with Crippen molar-refractivity contribution in [3.8, 4) is 23.0 Å². The normalized spacial score (nSPS) is 30.5. The van der Waals surface area contributed by atoms with Crippen LogP contribution in [0, 0.1) is 17.3 Å². The SMILES string of the molecule is COc1cc(C[N+]2(C)[C@@H]3CC[C@H]2CC(C(CC(=O)O)(C(=O)O)C2C[C@H]4CC[C@@H](C2)[N+]4(C)Cc2ccc(OC(C)=O)c(OC)c2)C3)ccc1OC(C)=O.[Br-].[Br-]. The highest BCUT2D eigenvalue weighted by molar-refractivity contribution is 5.82. The predicted octanol–water partition coefficient (Wildman–Crippen LogP) is -0.416. The highest BCUT2D eigenvalue weighted by atomic mass is 79.9. The average Bonchev–Trinajstić information content (AvgIpc) is 3.31. The molecule has 2 aromatic rings. The van der Waals surface area contributed by atoms with E-state index < -0.39 is 29.3 Å². The molecule has 0 amide bonds. The molecule has 14 heteroatoms. The van der Waals surface area contributed by atoms with Crippen LogP contribution in [-0.4, -0.2) is 95.5 Å². The molecule has 6 rings (SSSR count). The Morgan fingerprint density at radius 3 is 1.28 bits per heavy atom. The molecule has 2 N–H and O–H groups in total. The molecule has 54 heavy (non-hydrogen) atoms. The number of ether oxygens (including phenoxy) is 4. The standard InChI is InChI=1S/C40H52N2O10.2BrH/c1-24(43)51-34-13-7-26(15-36(34)49-5)22-41(3)30-9-10-31(41)18-28(17-30)40(39(47)48,21-38(45)46)29-19-32-11-12-33(20-29)42(32,4)23-27-8-14-35(52-25(2)44)37(16-27)50-6;;/h7-8,13-16,28-33H,9-12,17-23H2,1-6H3;2*1H/t28?,29?,30-,31+,32-,33+,40?,41?,42?;;. The van der Waals surface area contributed by atoms with Crippen LogP contribution in [0.1, 0.15) is 82.8 Å². The maximum absolute atomic E-state index is 13.7. The Morgan fingerprint density at radius 1 is 0.648 bits per heavy atom. The number of carboxylic acids is 2. The summed E-state index contributed by atoms with van der Waals surface area (Å²) in [4.78, 5) is 49.6. The number of fused-ring (bicyclic) bond motifs is 4. The van der Waals surface area contributed by atoms with Gasteiger partial charge in [0.25, 0.3) is 0 Å². The lowest BCUT2D eigenvalue weighted by Gasteiger charge is -2.55. The molecule has 4 fully saturated rings. The molecule has 12 nitrogen and oxygen atoms in total. The van der Waals surface area contributed by atoms with Crippen molar-refractivity contribution in [1.82, 2.24) is 0 Å². The summed E-state index contributed by atoms with van der Waals surface area (Å²) in [6, 6.07) is 12.0. The Labute approximate surface area is 338 Å². The molecule has 0 aliphatic carbocycles. The van der Waals surface area contributed by atoms with E-state index in [-0.39, 0.29) is 76.4 Å². The minimum Gasteiger partial charge on any atom is -1.00 e. The molecular weight excluding hydrogens is 828 g/mol. The van der Waals surface area contributed by atoms with Crippen molar-refractivity contribution in [3.05, 3.63) is 47.5 Å².